The normalized spacial score (nSPS) is 8.83. The van der Waals surface area contributed by atoms with Gasteiger partial charge in [-0.25, -0.2) is 0 Å². The van der Waals surface area contributed by atoms with Crippen molar-refractivity contribution in [2.75, 3.05) is 0 Å². The van der Waals surface area contributed by atoms with Crippen LogP contribution >= 0.6 is 11.7 Å². The van der Waals surface area contributed by atoms with Gasteiger partial charge in [0.25, 0.3) is 0 Å². The second-order valence-electron chi connectivity index (χ2n) is 0.961. The molecule has 0 atom stereocenters. The van der Waals surface area contributed by atoms with Crippen LogP contribution in [0.25, 0.3) is 0 Å². The minimum absolute atomic E-state index is 0.875. The lowest BCUT2D eigenvalue weighted by atomic mass is 10.6. The zero-order valence-electron chi connectivity index (χ0n) is 3.30. The minimum Gasteiger partial charge on any atom is -0.178 e. The maximum absolute atomic E-state index is 3.79. The molecule has 0 saturated carbocycles. The molecular weight excluding hydrogens is 96.1 g/mol. The summed E-state index contributed by atoms with van der Waals surface area (Å²) in [7, 11) is 0. The summed E-state index contributed by atoms with van der Waals surface area (Å²) in [4.78, 5) is 0. The molecule has 31 valence electrons. The van der Waals surface area contributed by atoms with Crippen molar-refractivity contribution >= 4 is 11.7 Å². The van der Waals surface area contributed by atoms with Crippen molar-refractivity contribution in [3.05, 3.63) is 11.9 Å². The molecule has 0 spiro atoms. The van der Waals surface area contributed by atoms with E-state index in [1.807, 2.05) is 6.92 Å². The van der Waals surface area contributed by atoms with Gasteiger partial charge in [0.1, 0.15) is 6.20 Å². The first-order chi connectivity index (χ1) is 2.89. The zero-order chi connectivity index (χ0) is 4.41. The summed E-state index contributed by atoms with van der Waals surface area (Å²) in [5.41, 5.74) is 0.875. The van der Waals surface area contributed by atoms with Gasteiger partial charge in [-0.05, 0) is 6.92 Å². The average molecular weight is 99.1 g/mol. The van der Waals surface area contributed by atoms with Crippen molar-refractivity contribution in [3.63, 3.8) is 0 Å². The fraction of sp³-hybridized carbons (Fsp3) is 0.333. The van der Waals surface area contributed by atoms with Gasteiger partial charge >= 0.3 is 0 Å². The predicted molar refractivity (Wildman–Crippen MR) is 23.5 cm³/mol. The van der Waals surface area contributed by atoms with Gasteiger partial charge in [0, 0.05) is 0 Å². The molecule has 1 aromatic heterocycles. The summed E-state index contributed by atoms with van der Waals surface area (Å²) in [5.74, 6) is 0. The van der Waals surface area contributed by atoms with E-state index in [1.54, 1.807) is 0 Å². The Morgan fingerprint density at radius 3 is 2.83 bits per heavy atom. The smallest absolute Gasteiger partial charge is 0.128 e. The fourth-order valence-electron chi connectivity index (χ4n) is 0.189. The third-order valence-electron chi connectivity index (χ3n) is 0.426. The Balaban J connectivity index is 3.05. The lowest BCUT2D eigenvalue weighted by molar-refractivity contribution is 1.31. The molecule has 0 bridgehead atoms. The van der Waals surface area contributed by atoms with Crippen molar-refractivity contribution < 1.29 is 0 Å². The van der Waals surface area contributed by atoms with Gasteiger partial charge in [-0.3, -0.25) is 0 Å². The maximum Gasteiger partial charge on any atom is 0.128 e. The molecule has 1 heterocycles. The van der Waals surface area contributed by atoms with Crippen LogP contribution in [0.1, 0.15) is 5.69 Å². The van der Waals surface area contributed by atoms with Crippen molar-refractivity contribution in [2.24, 2.45) is 0 Å². The van der Waals surface area contributed by atoms with Gasteiger partial charge in [-0.1, -0.05) is 0 Å². The molecule has 0 aliphatic rings. The predicted octanol–water partition coefficient (Wildman–Crippen LogP) is 0.647. The number of rotatable bonds is 0. The van der Waals surface area contributed by atoms with E-state index in [1.165, 1.54) is 11.7 Å². The Labute approximate surface area is 40.2 Å². The van der Waals surface area contributed by atoms with Crippen LogP contribution in [-0.4, -0.2) is 8.75 Å². The summed E-state index contributed by atoms with van der Waals surface area (Å²) in [6, 6.07) is 0. The van der Waals surface area contributed by atoms with Crippen LogP contribution < -0.4 is 0 Å². The molecule has 1 radical (unpaired) electrons. The highest BCUT2D eigenvalue weighted by Crippen LogP contribution is 1.86. The second kappa shape index (κ2) is 1.34. The quantitative estimate of drug-likeness (QED) is 0.477. The van der Waals surface area contributed by atoms with Crippen molar-refractivity contribution in [2.45, 2.75) is 6.92 Å². The summed E-state index contributed by atoms with van der Waals surface area (Å²) < 4.78 is 7.42. The van der Waals surface area contributed by atoms with E-state index in [0.29, 0.717) is 0 Å². The lowest BCUT2D eigenvalue weighted by Crippen LogP contribution is -1.59. The molecule has 2 nitrogen and oxygen atoms in total. The summed E-state index contributed by atoms with van der Waals surface area (Å²) in [6.07, 6.45) is 2.66. The molecule has 0 N–H and O–H groups in total. The molecule has 0 aromatic carbocycles. The van der Waals surface area contributed by atoms with Crippen LogP contribution in [0.15, 0.2) is 0 Å². The summed E-state index contributed by atoms with van der Waals surface area (Å²) in [6.45, 7) is 1.86. The van der Waals surface area contributed by atoms with E-state index in [4.69, 9.17) is 0 Å². The third kappa shape index (κ3) is 0.542. The van der Waals surface area contributed by atoms with Gasteiger partial charge in [-0.2, -0.15) is 8.75 Å². The van der Waals surface area contributed by atoms with E-state index < -0.39 is 0 Å². The minimum atomic E-state index is 0.875. The highest BCUT2D eigenvalue weighted by atomic mass is 32.1. The topological polar surface area (TPSA) is 25.8 Å². The van der Waals surface area contributed by atoms with Crippen LogP contribution in [0.4, 0.5) is 0 Å². The monoisotopic (exact) mass is 99.0 g/mol. The first kappa shape index (κ1) is 3.74. The highest BCUT2D eigenvalue weighted by Gasteiger charge is 1.79. The number of aryl methyl sites for hydroxylation is 1. The molecule has 1 aromatic rings. The number of hydrogen-bond acceptors (Lipinski definition) is 3. The van der Waals surface area contributed by atoms with Crippen LogP contribution in [0.5, 0.6) is 0 Å². The van der Waals surface area contributed by atoms with Crippen molar-refractivity contribution in [1.82, 2.24) is 8.75 Å². The fourth-order valence-corrected chi connectivity index (χ4v) is 0.566. The summed E-state index contributed by atoms with van der Waals surface area (Å²) >= 11 is 1.18. The molecule has 0 aliphatic heterocycles. The highest BCUT2D eigenvalue weighted by molar-refractivity contribution is 6.99. The van der Waals surface area contributed by atoms with Gasteiger partial charge in [-0.15, -0.1) is 0 Å². The van der Waals surface area contributed by atoms with Crippen LogP contribution in [-0.2, 0) is 0 Å². The van der Waals surface area contributed by atoms with Crippen molar-refractivity contribution in [3.8, 4) is 0 Å². The van der Waals surface area contributed by atoms with E-state index in [0.717, 1.165) is 5.69 Å². The SMILES string of the molecule is Cc1[c]nsn1. The molecule has 6 heavy (non-hydrogen) atoms. The zero-order valence-corrected chi connectivity index (χ0v) is 4.12. The molecule has 0 aliphatic carbocycles. The molecule has 3 heteroatoms. The standard InChI is InChI=1S/C3H3N2S/c1-3-2-4-6-5-3/h1H3. The maximum atomic E-state index is 3.79. The van der Waals surface area contributed by atoms with Crippen LogP contribution in [0.3, 0.4) is 0 Å². The first-order valence-corrected chi connectivity index (χ1v) is 2.29. The summed E-state index contributed by atoms with van der Waals surface area (Å²) in [5, 5.41) is 0. The van der Waals surface area contributed by atoms with Gasteiger partial charge in [0.2, 0.25) is 0 Å². The van der Waals surface area contributed by atoms with Gasteiger partial charge < -0.3 is 0 Å². The molecule has 0 saturated heterocycles. The van der Waals surface area contributed by atoms with Crippen LogP contribution in [0, 0.1) is 13.1 Å². The van der Waals surface area contributed by atoms with Gasteiger partial charge in [0.15, 0.2) is 0 Å². The molecule has 0 fully saturated rings. The van der Waals surface area contributed by atoms with E-state index in [-0.39, 0.29) is 0 Å². The molecule has 0 amide bonds. The Bertz CT molecular complexity index is 112. The molecular formula is C3H3N2S. The van der Waals surface area contributed by atoms with Crippen LogP contribution in [0.2, 0.25) is 0 Å². The first-order valence-electron chi connectivity index (χ1n) is 1.56. The number of nitrogens with zero attached hydrogens (tertiary/aromatic N) is 2. The van der Waals surface area contributed by atoms with Crippen molar-refractivity contribution in [1.29, 1.82) is 0 Å². The third-order valence-corrected chi connectivity index (χ3v) is 0.954. The second-order valence-corrected chi connectivity index (χ2v) is 1.49. The van der Waals surface area contributed by atoms with Gasteiger partial charge in [0.05, 0.1) is 17.4 Å². The largest absolute Gasteiger partial charge is 0.178 e. The number of aromatic nitrogens is 2. The average Bonchev–Trinajstić information content (AvgIpc) is 1.86. The Hall–Kier alpha value is -0.440. The Kier molecular flexibility index (Phi) is 0.837. The lowest BCUT2D eigenvalue weighted by Gasteiger charge is -1.60. The molecule has 1 rings (SSSR count). The van der Waals surface area contributed by atoms with E-state index in [9.17, 15) is 0 Å². The Morgan fingerprint density at radius 1 is 1.83 bits per heavy atom. The Morgan fingerprint density at radius 2 is 2.67 bits per heavy atom. The van der Waals surface area contributed by atoms with E-state index in [2.05, 4.69) is 14.9 Å². The molecule has 0 unspecified atom stereocenters. The number of hydrogen-bond donors (Lipinski definition) is 0. The van der Waals surface area contributed by atoms with E-state index >= 15 is 0 Å².